The molecule has 0 bridgehead atoms. The summed E-state index contributed by atoms with van der Waals surface area (Å²) in [5.41, 5.74) is 8.08. The summed E-state index contributed by atoms with van der Waals surface area (Å²) < 4.78 is 5.97. The van der Waals surface area contributed by atoms with Crippen LogP contribution in [0.15, 0.2) is 42.5 Å². The molecule has 1 amide bonds. The van der Waals surface area contributed by atoms with Gasteiger partial charge in [-0.3, -0.25) is 4.79 Å². The molecule has 0 aliphatic carbocycles. The minimum absolute atomic E-state index is 0.418. The molecule has 0 radical (unpaired) electrons. The van der Waals surface area contributed by atoms with Crippen molar-refractivity contribution in [1.82, 2.24) is 0 Å². The van der Waals surface area contributed by atoms with E-state index < -0.39 is 5.91 Å². The van der Waals surface area contributed by atoms with Crippen LogP contribution in [0, 0.1) is 5.92 Å². The fourth-order valence-corrected chi connectivity index (χ4v) is 3.51. The van der Waals surface area contributed by atoms with Crippen molar-refractivity contribution >= 4 is 23.2 Å². The van der Waals surface area contributed by atoms with Crippen LogP contribution in [0.5, 0.6) is 5.75 Å². The number of halogens is 1. The second-order valence-corrected chi connectivity index (χ2v) is 7.06. The zero-order valence-corrected chi connectivity index (χ0v) is 15.1. The van der Waals surface area contributed by atoms with E-state index >= 15 is 0 Å². The Kier molecular flexibility index (Phi) is 5.49. The molecule has 0 saturated heterocycles. The predicted molar refractivity (Wildman–Crippen MR) is 102 cm³/mol. The van der Waals surface area contributed by atoms with Crippen molar-refractivity contribution in [3.63, 3.8) is 0 Å². The number of nitrogens with two attached hydrogens (primary N) is 1. The van der Waals surface area contributed by atoms with Crippen LogP contribution in [-0.2, 0) is 6.42 Å². The lowest BCUT2D eigenvalue weighted by Crippen LogP contribution is -2.26. The number of anilines is 1. The van der Waals surface area contributed by atoms with E-state index in [1.165, 1.54) is 5.56 Å². The third-order valence-electron chi connectivity index (χ3n) is 4.63. The quantitative estimate of drug-likeness (QED) is 0.881. The summed E-state index contributed by atoms with van der Waals surface area (Å²) in [5, 5.41) is 0.788. The molecular weight excluding hydrogens is 336 g/mol. The average Bonchev–Trinajstić information content (AvgIpc) is 2.74. The van der Waals surface area contributed by atoms with E-state index in [2.05, 4.69) is 11.0 Å². The highest BCUT2D eigenvalue weighted by atomic mass is 35.5. The summed E-state index contributed by atoms with van der Waals surface area (Å²) in [7, 11) is 2.03. The lowest BCUT2D eigenvalue weighted by molar-refractivity contribution is 0.100. The number of aryl methyl sites for hydroxylation is 1. The van der Waals surface area contributed by atoms with Crippen LogP contribution >= 0.6 is 11.6 Å². The lowest BCUT2D eigenvalue weighted by Gasteiger charge is -2.21. The molecular formula is C20H23ClN2O2. The van der Waals surface area contributed by atoms with Gasteiger partial charge < -0.3 is 15.4 Å². The van der Waals surface area contributed by atoms with Crippen molar-refractivity contribution in [2.45, 2.75) is 19.3 Å². The van der Waals surface area contributed by atoms with E-state index in [0.29, 0.717) is 18.1 Å². The van der Waals surface area contributed by atoms with Gasteiger partial charge >= 0.3 is 0 Å². The number of hydrogen-bond donors (Lipinski definition) is 1. The van der Waals surface area contributed by atoms with Crippen LogP contribution in [0.25, 0.3) is 0 Å². The Morgan fingerprint density at radius 3 is 2.92 bits per heavy atom. The molecule has 1 aliphatic heterocycles. The van der Waals surface area contributed by atoms with Crippen LogP contribution < -0.4 is 15.4 Å². The van der Waals surface area contributed by atoms with Crippen molar-refractivity contribution in [2.24, 2.45) is 11.7 Å². The lowest BCUT2D eigenvalue weighted by atomic mass is 9.99. The highest BCUT2D eigenvalue weighted by molar-refractivity contribution is 6.30. The Hall–Kier alpha value is -2.20. The Morgan fingerprint density at radius 1 is 1.32 bits per heavy atom. The molecule has 5 heteroatoms. The molecule has 1 heterocycles. The summed E-state index contributed by atoms with van der Waals surface area (Å²) in [4.78, 5) is 13.5. The number of carbonyl (C=O) groups excluding carboxylic acids is 1. The maximum Gasteiger partial charge on any atom is 0.248 e. The van der Waals surface area contributed by atoms with Gasteiger partial charge in [-0.1, -0.05) is 23.7 Å². The summed E-state index contributed by atoms with van der Waals surface area (Å²) in [5.74, 6) is 0.831. The highest BCUT2D eigenvalue weighted by Gasteiger charge is 2.21. The zero-order valence-electron chi connectivity index (χ0n) is 14.4. The molecule has 1 aliphatic rings. The zero-order chi connectivity index (χ0) is 17.8. The van der Waals surface area contributed by atoms with Gasteiger partial charge in [0.25, 0.3) is 0 Å². The average molecular weight is 359 g/mol. The molecule has 4 nitrogen and oxygen atoms in total. The number of carbonyl (C=O) groups is 1. The van der Waals surface area contributed by atoms with Gasteiger partial charge in [0.15, 0.2) is 0 Å². The highest BCUT2D eigenvalue weighted by Crippen LogP contribution is 2.33. The maximum atomic E-state index is 11.4. The van der Waals surface area contributed by atoms with Crippen LogP contribution in [0.3, 0.4) is 0 Å². The van der Waals surface area contributed by atoms with Crippen LogP contribution in [-0.4, -0.2) is 26.1 Å². The number of primary amides is 1. The van der Waals surface area contributed by atoms with Gasteiger partial charge in [-0.25, -0.2) is 0 Å². The van der Waals surface area contributed by atoms with Crippen LogP contribution in [0.1, 0.15) is 28.8 Å². The molecule has 0 aromatic heterocycles. The van der Waals surface area contributed by atoms with Gasteiger partial charge in [0.1, 0.15) is 5.75 Å². The number of amides is 1. The molecule has 0 saturated carbocycles. The summed E-state index contributed by atoms with van der Waals surface area (Å²) in [6.07, 6.45) is 3.18. The molecule has 3 rings (SSSR count). The number of rotatable bonds is 5. The van der Waals surface area contributed by atoms with Gasteiger partial charge in [-0.05, 0) is 55.2 Å². The minimum atomic E-state index is -0.418. The van der Waals surface area contributed by atoms with Gasteiger partial charge in [-0.2, -0.15) is 0 Å². The largest absolute Gasteiger partial charge is 0.491 e. The van der Waals surface area contributed by atoms with Crippen LogP contribution in [0.4, 0.5) is 5.69 Å². The smallest absolute Gasteiger partial charge is 0.248 e. The third kappa shape index (κ3) is 4.45. The monoisotopic (exact) mass is 358 g/mol. The molecule has 1 unspecified atom stereocenters. The Balaban J connectivity index is 1.60. The fourth-order valence-electron chi connectivity index (χ4n) is 3.30. The van der Waals surface area contributed by atoms with E-state index in [-0.39, 0.29) is 0 Å². The van der Waals surface area contributed by atoms with E-state index in [4.69, 9.17) is 22.1 Å². The normalized spacial score (nSPS) is 16.7. The topological polar surface area (TPSA) is 55.6 Å². The molecule has 2 N–H and O–H groups in total. The first-order valence-electron chi connectivity index (χ1n) is 8.55. The number of fused-ring (bicyclic) bond motifs is 1. The van der Waals surface area contributed by atoms with E-state index in [9.17, 15) is 4.79 Å². The van der Waals surface area contributed by atoms with Gasteiger partial charge in [0.05, 0.1) is 12.3 Å². The molecule has 0 spiro atoms. The van der Waals surface area contributed by atoms with Gasteiger partial charge in [0, 0.05) is 30.1 Å². The molecule has 2 aromatic rings. The molecule has 1 atom stereocenters. The van der Waals surface area contributed by atoms with E-state index in [0.717, 1.165) is 42.3 Å². The third-order valence-corrected chi connectivity index (χ3v) is 4.86. The minimum Gasteiger partial charge on any atom is -0.491 e. The van der Waals surface area contributed by atoms with Crippen LogP contribution in [0.2, 0.25) is 5.02 Å². The predicted octanol–water partition coefficient (Wildman–Crippen LogP) is 3.91. The first kappa shape index (κ1) is 17.6. The van der Waals surface area contributed by atoms with E-state index in [1.807, 2.05) is 37.4 Å². The Bertz CT molecular complexity index is 763. The number of benzene rings is 2. The standard InChI is InChI=1S/C20H23ClN2O2/c1-23-12-15(6-2-4-14-5-3-7-17(21)10-14)13-25-19-9-8-16(20(22)24)11-18(19)23/h3,5,7-11,15H,2,4,6,12-13H2,1H3,(H2,22,24). The Morgan fingerprint density at radius 2 is 2.16 bits per heavy atom. The summed E-state index contributed by atoms with van der Waals surface area (Å²) in [6, 6.07) is 13.4. The number of nitrogens with zero attached hydrogens (tertiary/aromatic N) is 1. The van der Waals surface area contributed by atoms with Gasteiger partial charge in [0.2, 0.25) is 5.91 Å². The first-order valence-corrected chi connectivity index (χ1v) is 8.93. The maximum absolute atomic E-state index is 11.4. The van der Waals surface area contributed by atoms with Crippen molar-refractivity contribution in [2.75, 3.05) is 25.1 Å². The Labute approximate surface area is 153 Å². The van der Waals surface area contributed by atoms with Crippen molar-refractivity contribution in [3.8, 4) is 5.75 Å². The van der Waals surface area contributed by atoms with Crippen molar-refractivity contribution in [1.29, 1.82) is 0 Å². The fraction of sp³-hybridized carbons (Fsp3) is 0.350. The van der Waals surface area contributed by atoms with Gasteiger partial charge in [-0.15, -0.1) is 0 Å². The number of ether oxygens (including phenoxy) is 1. The first-order chi connectivity index (χ1) is 12.0. The number of hydrogen-bond acceptors (Lipinski definition) is 3. The molecule has 2 aromatic carbocycles. The molecule has 0 fully saturated rings. The molecule has 25 heavy (non-hydrogen) atoms. The second-order valence-electron chi connectivity index (χ2n) is 6.63. The van der Waals surface area contributed by atoms with Crippen molar-refractivity contribution in [3.05, 3.63) is 58.6 Å². The summed E-state index contributed by atoms with van der Waals surface area (Å²) >= 11 is 6.04. The SMILES string of the molecule is CN1CC(CCCc2cccc(Cl)c2)COc2ccc(C(N)=O)cc21. The van der Waals surface area contributed by atoms with E-state index in [1.54, 1.807) is 6.07 Å². The van der Waals surface area contributed by atoms with Crippen molar-refractivity contribution < 1.29 is 9.53 Å². The molecule has 132 valence electrons. The summed E-state index contributed by atoms with van der Waals surface area (Å²) in [6.45, 7) is 1.58. The second kappa shape index (κ2) is 7.79.